The molecule has 1 aliphatic rings. The number of fused-ring (bicyclic) bond motifs is 1. The summed E-state index contributed by atoms with van der Waals surface area (Å²) in [6.07, 6.45) is 4.00. The highest BCUT2D eigenvalue weighted by Crippen LogP contribution is 2.31. The molecule has 2 aromatic rings. The van der Waals surface area contributed by atoms with Crippen LogP contribution in [0.4, 0.5) is 5.69 Å². The second-order valence-electron chi connectivity index (χ2n) is 4.47. The standard InChI is InChI=1S/C15H13N3/c16-10-11-3-6-13(7-4-11)18-14-8-5-12-2-1-9-17-15(12)14/h1-4,6-7,9,14,18H,5,8H2. The molecule has 1 atom stereocenters. The topological polar surface area (TPSA) is 48.7 Å². The van der Waals surface area contributed by atoms with Gasteiger partial charge in [-0.1, -0.05) is 6.07 Å². The first-order valence-corrected chi connectivity index (χ1v) is 6.07. The molecule has 18 heavy (non-hydrogen) atoms. The lowest BCUT2D eigenvalue weighted by Gasteiger charge is -2.14. The van der Waals surface area contributed by atoms with Gasteiger partial charge in [0.05, 0.1) is 23.4 Å². The summed E-state index contributed by atoms with van der Waals surface area (Å²) in [5, 5.41) is 12.2. The number of nitriles is 1. The summed E-state index contributed by atoms with van der Waals surface area (Å²) in [5.74, 6) is 0. The van der Waals surface area contributed by atoms with Gasteiger partial charge in [0.2, 0.25) is 0 Å². The normalized spacial score (nSPS) is 16.9. The molecule has 1 aliphatic carbocycles. The first-order chi connectivity index (χ1) is 8.86. The molecule has 3 nitrogen and oxygen atoms in total. The van der Waals surface area contributed by atoms with Crippen LogP contribution in [0.15, 0.2) is 42.6 Å². The van der Waals surface area contributed by atoms with Crippen LogP contribution in [0.25, 0.3) is 0 Å². The van der Waals surface area contributed by atoms with E-state index in [1.54, 1.807) is 0 Å². The molecule has 1 aromatic carbocycles. The van der Waals surface area contributed by atoms with Gasteiger partial charge in [-0.3, -0.25) is 4.98 Å². The van der Waals surface area contributed by atoms with E-state index in [-0.39, 0.29) is 6.04 Å². The van der Waals surface area contributed by atoms with Crippen molar-refractivity contribution in [3.8, 4) is 6.07 Å². The van der Waals surface area contributed by atoms with E-state index in [0.717, 1.165) is 24.2 Å². The summed E-state index contributed by atoms with van der Waals surface area (Å²) in [6.45, 7) is 0. The molecule has 1 unspecified atom stereocenters. The van der Waals surface area contributed by atoms with Gasteiger partial charge in [-0.15, -0.1) is 0 Å². The van der Waals surface area contributed by atoms with Crippen molar-refractivity contribution in [2.24, 2.45) is 0 Å². The van der Waals surface area contributed by atoms with Gasteiger partial charge in [0.15, 0.2) is 0 Å². The Hall–Kier alpha value is -2.34. The molecular weight excluding hydrogens is 222 g/mol. The Balaban J connectivity index is 1.80. The van der Waals surface area contributed by atoms with Gasteiger partial charge >= 0.3 is 0 Å². The number of pyridine rings is 1. The molecule has 0 saturated carbocycles. The number of benzene rings is 1. The minimum absolute atomic E-state index is 0.286. The third-order valence-corrected chi connectivity index (χ3v) is 3.31. The molecule has 3 rings (SSSR count). The lowest BCUT2D eigenvalue weighted by molar-refractivity contribution is 0.746. The second-order valence-corrected chi connectivity index (χ2v) is 4.47. The van der Waals surface area contributed by atoms with E-state index in [2.05, 4.69) is 22.4 Å². The van der Waals surface area contributed by atoms with Gasteiger partial charge in [-0.05, 0) is 48.7 Å². The highest BCUT2D eigenvalue weighted by molar-refractivity contribution is 5.49. The molecule has 3 heteroatoms. The Morgan fingerprint density at radius 2 is 2.06 bits per heavy atom. The fourth-order valence-electron chi connectivity index (χ4n) is 2.40. The SMILES string of the molecule is N#Cc1ccc(NC2CCc3cccnc32)cc1. The number of nitrogens with zero attached hydrogens (tertiary/aromatic N) is 2. The maximum Gasteiger partial charge on any atom is 0.0991 e. The number of hydrogen-bond donors (Lipinski definition) is 1. The summed E-state index contributed by atoms with van der Waals surface area (Å²) in [4.78, 5) is 4.46. The fraction of sp³-hybridized carbons (Fsp3) is 0.200. The van der Waals surface area contributed by atoms with Crippen molar-refractivity contribution >= 4 is 5.69 Å². The second kappa shape index (κ2) is 4.50. The highest BCUT2D eigenvalue weighted by atomic mass is 15.0. The Labute approximate surface area is 106 Å². The van der Waals surface area contributed by atoms with Gasteiger partial charge in [0, 0.05) is 11.9 Å². The van der Waals surface area contributed by atoms with E-state index in [1.165, 1.54) is 5.56 Å². The van der Waals surface area contributed by atoms with Gasteiger partial charge in [-0.2, -0.15) is 5.26 Å². The van der Waals surface area contributed by atoms with E-state index < -0.39 is 0 Å². The molecule has 88 valence electrons. The maximum absolute atomic E-state index is 8.76. The molecule has 0 radical (unpaired) electrons. The van der Waals surface area contributed by atoms with E-state index in [0.29, 0.717) is 5.56 Å². The Kier molecular flexibility index (Phi) is 2.70. The maximum atomic E-state index is 8.76. The minimum Gasteiger partial charge on any atom is -0.377 e. The third-order valence-electron chi connectivity index (χ3n) is 3.31. The van der Waals surface area contributed by atoms with Crippen LogP contribution in [0.5, 0.6) is 0 Å². The number of nitrogens with one attached hydrogen (secondary N) is 1. The average molecular weight is 235 g/mol. The Morgan fingerprint density at radius 1 is 1.22 bits per heavy atom. The van der Waals surface area contributed by atoms with E-state index in [9.17, 15) is 0 Å². The van der Waals surface area contributed by atoms with Crippen molar-refractivity contribution in [1.29, 1.82) is 5.26 Å². The summed E-state index contributed by atoms with van der Waals surface area (Å²) >= 11 is 0. The van der Waals surface area contributed by atoms with Crippen molar-refractivity contribution in [2.75, 3.05) is 5.32 Å². The Morgan fingerprint density at radius 3 is 2.83 bits per heavy atom. The van der Waals surface area contributed by atoms with Crippen LogP contribution in [-0.4, -0.2) is 4.98 Å². The zero-order valence-electron chi connectivity index (χ0n) is 9.93. The van der Waals surface area contributed by atoms with Gasteiger partial charge in [0.1, 0.15) is 0 Å². The zero-order valence-corrected chi connectivity index (χ0v) is 9.93. The molecule has 0 bridgehead atoms. The van der Waals surface area contributed by atoms with Gasteiger partial charge < -0.3 is 5.32 Å². The summed E-state index contributed by atoms with van der Waals surface area (Å²) in [5.41, 5.74) is 4.22. The zero-order chi connectivity index (χ0) is 12.4. The van der Waals surface area contributed by atoms with Gasteiger partial charge in [0.25, 0.3) is 0 Å². The van der Waals surface area contributed by atoms with Crippen molar-refractivity contribution < 1.29 is 0 Å². The summed E-state index contributed by atoms with van der Waals surface area (Å²) < 4.78 is 0. The third kappa shape index (κ3) is 1.93. The van der Waals surface area contributed by atoms with Crippen LogP contribution >= 0.6 is 0 Å². The molecular formula is C15H13N3. The Bertz CT molecular complexity index is 596. The average Bonchev–Trinajstić information content (AvgIpc) is 2.83. The van der Waals surface area contributed by atoms with Crippen LogP contribution in [-0.2, 0) is 6.42 Å². The quantitative estimate of drug-likeness (QED) is 0.870. The first-order valence-electron chi connectivity index (χ1n) is 6.07. The summed E-state index contributed by atoms with van der Waals surface area (Å²) in [6, 6.07) is 14.1. The summed E-state index contributed by atoms with van der Waals surface area (Å²) in [7, 11) is 0. The molecule has 0 fully saturated rings. The molecule has 0 aliphatic heterocycles. The van der Waals surface area contributed by atoms with Gasteiger partial charge in [-0.25, -0.2) is 0 Å². The predicted molar refractivity (Wildman–Crippen MR) is 70.1 cm³/mol. The van der Waals surface area contributed by atoms with Crippen molar-refractivity contribution in [1.82, 2.24) is 4.98 Å². The van der Waals surface area contributed by atoms with Crippen LogP contribution in [0.3, 0.4) is 0 Å². The fourth-order valence-corrected chi connectivity index (χ4v) is 2.40. The minimum atomic E-state index is 0.286. The van der Waals surface area contributed by atoms with Crippen LogP contribution in [0.2, 0.25) is 0 Å². The first kappa shape index (κ1) is 10.8. The molecule has 1 aromatic heterocycles. The van der Waals surface area contributed by atoms with Crippen LogP contribution in [0.1, 0.15) is 29.3 Å². The van der Waals surface area contributed by atoms with Crippen molar-refractivity contribution in [3.05, 3.63) is 59.4 Å². The molecule has 0 amide bonds. The highest BCUT2D eigenvalue weighted by Gasteiger charge is 2.22. The van der Waals surface area contributed by atoms with Crippen LogP contribution in [0, 0.1) is 11.3 Å². The predicted octanol–water partition coefficient (Wildman–Crippen LogP) is 3.05. The van der Waals surface area contributed by atoms with Crippen molar-refractivity contribution in [3.63, 3.8) is 0 Å². The van der Waals surface area contributed by atoms with Crippen LogP contribution < -0.4 is 5.32 Å². The molecule has 0 saturated heterocycles. The number of aryl methyl sites for hydroxylation is 1. The van der Waals surface area contributed by atoms with E-state index in [4.69, 9.17) is 5.26 Å². The number of anilines is 1. The smallest absolute Gasteiger partial charge is 0.0991 e. The molecule has 1 N–H and O–H groups in total. The van der Waals surface area contributed by atoms with E-state index in [1.807, 2.05) is 36.5 Å². The number of aromatic nitrogens is 1. The van der Waals surface area contributed by atoms with Crippen molar-refractivity contribution in [2.45, 2.75) is 18.9 Å². The molecule has 0 spiro atoms. The number of rotatable bonds is 2. The molecule has 1 heterocycles. The number of hydrogen-bond acceptors (Lipinski definition) is 3. The largest absolute Gasteiger partial charge is 0.377 e. The monoisotopic (exact) mass is 235 g/mol. The van der Waals surface area contributed by atoms with E-state index >= 15 is 0 Å². The lowest BCUT2D eigenvalue weighted by Crippen LogP contribution is -2.08. The lowest BCUT2D eigenvalue weighted by atomic mass is 10.2.